The van der Waals surface area contributed by atoms with Crippen molar-refractivity contribution in [1.29, 1.82) is 0 Å². The van der Waals surface area contributed by atoms with Crippen LogP contribution >= 0.6 is 11.3 Å². The van der Waals surface area contributed by atoms with Gasteiger partial charge in [0.2, 0.25) is 5.91 Å². The number of rotatable bonds is 5. The zero-order valence-electron chi connectivity index (χ0n) is 13.7. The van der Waals surface area contributed by atoms with E-state index in [9.17, 15) is 14.0 Å². The van der Waals surface area contributed by atoms with Crippen LogP contribution in [0.5, 0.6) is 0 Å². The third kappa shape index (κ3) is 3.70. The Morgan fingerprint density at radius 3 is 2.73 bits per heavy atom. The van der Waals surface area contributed by atoms with E-state index in [-0.39, 0.29) is 23.8 Å². The average Bonchev–Trinajstić information content (AvgIpc) is 3.37. The molecule has 1 N–H and O–H groups in total. The van der Waals surface area contributed by atoms with Crippen LogP contribution in [-0.2, 0) is 11.3 Å². The quantitative estimate of drug-likeness (QED) is 0.749. The number of anilines is 1. The molecule has 26 heavy (non-hydrogen) atoms. The van der Waals surface area contributed by atoms with Gasteiger partial charge in [-0.1, -0.05) is 0 Å². The van der Waals surface area contributed by atoms with Crippen LogP contribution in [-0.4, -0.2) is 20.7 Å². The Morgan fingerprint density at radius 1 is 1.23 bits per heavy atom. The van der Waals surface area contributed by atoms with Crippen LogP contribution in [0.2, 0.25) is 0 Å². The minimum Gasteiger partial charge on any atom is -0.300 e. The van der Waals surface area contributed by atoms with Crippen LogP contribution in [0, 0.1) is 5.82 Å². The molecule has 1 aliphatic carbocycles. The molecule has 1 saturated carbocycles. The number of halogens is 1. The minimum atomic E-state index is -0.368. The summed E-state index contributed by atoms with van der Waals surface area (Å²) in [5.74, 6) is -0.279. The van der Waals surface area contributed by atoms with Crippen molar-refractivity contribution in [3.05, 3.63) is 63.6 Å². The SMILES string of the molecule is O=C(Cn1nc(C2CC2)ccc1=O)Nc1nc(-c2ccc(F)cc2)cs1. The van der Waals surface area contributed by atoms with Crippen molar-refractivity contribution in [2.24, 2.45) is 0 Å². The Balaban J connectivity index is 1.45. The van der Waals surface area contributed by atoms with Gasteiger partial charge >= 0.3 is 0 Å². The van der Waals surface area contributed by atoms with E-state index < -0.39 is 0 Å². The van der Waals surface area contributed by atoms with Gasteiger partial charge in [-0.05, 0) is 43.2 Å². The molecule has 0 bridgehead atoms. The van der Waals surface area contributed by atoms with Crippen molar-refractivity contribution in [3.63, 3.8) is 0 Å². The number of hydrogen-bond acceptors (Lipinski definition) is 5. The molecule has 0 unspecified atom stereocenters. The maximum atomic E-state index is 13.0. The van der Waals surface area contributed by atoms with E-state index in [1.165, 1.54) is 34.2 Å². The Morgan fingerprint density at radius 2 is 2.00 bits per heavy atom. The molecular weight excluding hydrogens is 355 g/mol. The first-order valence-electron chi connectivity index (χ1n) is 8.18. The van der Waals surface area contributed by atoms with Crippen LogP contribution in [0.3, 0.4) is 0 Å². The van der Waals surface area contributed by atoms with Crippen molar-refractivity contribution in [2.45, 2.75) is 25.3 Å². The monoisotopic (exact) mass is 370 g/mol. The number of carbonyl (C=O) groups excluding carboxylic acids is 1. The summed E-state index contributed by atoms with van der Waals surface area (Å²) in [5, 5.41) is 9.14. The largest absolute Gasteiger partial charge is 0.300 e. The third-order valence-corrected chi connectivity index (χ3v) is 4.82. The third-order valence-electron chi connectivity index (χ3n) is 4.07. The molecule has 8 heteroatoms. The van der Waals surface area contributed by atoms with E-state index in [1.54, 1.807) is 23.6 Å². The van der Waals surface area contributed by atoms with Gasteiger partial charge in [-0.2, -0.15) is 5.10 Å². The number of amides is 1. The lowest BCUT2D eigenvalue weighted by molar-refractivity contribution is -0.117. The van der Waals surface area contributed by atoms with Crippen molar-refractivity contribution in [2.75, 3.05) is 5.32 Å². The number of nitrogens with one attached hydrogen (secondary N) is 1. The number of thiazole rings is 1. The van der Waals surface area contributed by atoms with Gasteiger partial charge in [0.05, 0.1) is 11.4 Å². The van der Waals surface area contributed by atoms with Gasteiger partial charge in [-0.3, -0.25) is 9.59 Å². The molecule has 2 heterocycles. The summed E-state index contributed by atoms with van der Waals surface area (Å²) in [4.78, 5) is 28.4. The van der Waals surface area contributed by atoms with Crippen molar-refractivity contribution >= 4 is 22.4 Å². The first-order valence-corrected chi connectivity index (χ1v) is 9.06. The highest BCUT2D eigenvalue weighted by Crippen LogP contribution is 2.38. The summed E-state index contributed by atoms with van der Waals surface area (Å²) in [7, 11) is 0. The highest BCUT2D eigenvalue weighted by atomic mass is 32.1. The number of benzene rings is 1. The summed E-state index contributed by atoms with van der Waals surface area (Å²) in [5.41, 5.74) is 1.95. The van der Waals surface area contributed by atoms with E-state index in [2.05, 4.69) is 15.4 Å². The van der Waals surface area contributed by atoms with Crippen molar-refractivity contribution in [3.8, 4) is 11.3 Å². The topological polar surface area (TPSA) is 76.9 Å². The first-order chi connectivity index (χ1) is 12.6. The molecular formula is C18H15FN4O2S. The van der Waals surface area contributed by atoms with Gasteiger partial charge in [0.1, 0.15) is 12.4 Å². The van der Waals surface area contributed by atoms with Crippen molar-refractivity contribution in [1.82, 2.24) is 14.8 Å². The van der Waals surface area contributed by atoms with Gasteiger partial charge < -0.3 is 5.32 Å². The molecule has 2 aromatic heterocycles. The zero-order chi connectivity index (χ0) is 18.1. The molecule has 4 rings (SSSR count). The second-order valence-electron chi connectivity index (χ2n) is 6.12. The molecule has 1 fully saturated rings. The van der Waals surface area contributed by atoms with E-state index >= 15 is 0 Å². The van der Waals surface area contributed by atoms with E-state index in [1.807, 2.05) is 0 Å². The second kappa shape index (κ2) is 6.80. The normalized spacial score (nSPS) is 13.6. The minimum absolute atomic E-state index is 0.162. The fraction of sp³-hybridized carbons (Fsp3) is 0.222. The summed E-state index contributed by atoms with van der Waals surface area (Å²) in [6.45, 7) is -0.162. The highest BCUT2D eigenvalue weighted by Gasteiger charge is 2.25. The lowest BCUT2D eigenvalue weighted by Gasteiger charge is -2.06. The highest BCUT2D eigenvalue weighted by molar-refractivity contribution is 7.14. The summed E-state index contributed by atoms with van der Waals surface area (Å²) in [6, 6.07) is 9.15. The molecule has 6 nitrogen and oxygen atoms in total. The van der Waals surface area contributed by atoms with E-state index in [0.717, 1.165) is 24.1 Å². The smallest absolute Gasteiger partial charge is 0.267 e. The first kappa shape index (κ1) is 16.6. The molecule has 0 spiro atoms. The van der Waals surface area contributed by atoms with Gasteiger partial charge in [0.25, 0.3) is 5.56 Å². The summed E-state index contributed by atoms with van der Waals surface area (Å²) in [6.07, 6.45) is 2.14. The molecule has 1 amide bonds. The number of aromatic nitrogens is 3. The fourth-order valence-electron chi connectivity index (χ4n) is 2.55. The van der Waals surface area contributed by atoms with E-state index in [4.69, 9.17) is 0 Å². The molecule has 3 aromatic rings. The van der Waals surface area contributed by atoms with Gasteiger partial charge in [-0.15, -0.1) is 11.3 Å². The Hall–Kier alpha value is -2.87. The predicted octanol–water partition coefficient (Wildman–Crippen LogP) is 3.02. The average molecular weight is 370 g/mol. The lowest BCUT2D eigenvalue weighted by Crippen LogP contribution is -2.29. The van der Waals surface area contributed by atoms with E-state index in [0.29, 0.717) is 16.7 Å². The number of hydrogen-bond donors (Lipinski definition) is 1. The molecule has 1 aromatic carbocycles. The lowest BCUT2D eigenvalue weighted by atomic mass is 10.2. The molecule has 0 atom stereocenters. The fourth-order valence-corrected chi connectivity index (χ4v) is 3.29. The summed E-state index contributed by atoms with van der Waals surface area (Å²) >= 11 is 1.27. The van der Waals surface area contributed by atoms with Crippen LogP contribution in [0.1, 0.15) is 24.5 Å². The van der Waals surface area contributed by atoms with Crippen LogP contribution in [0.25, 0.3) is 11.3 Å². The molecule has 0 saturated heterocycles. The maximum Gasteiger partial charge on any atom is 0.267 e. The Labute approximate surface area is 152 Å². The van der Waals surface area contributed by atoms with Crippen molar-refractivity contribution < 1.29 is 9.18 Å². The molecule has 0 aliphatic heterocycles. The number of carbonyl (C=O) groups is 1. The standard InChI is InChI=1S/C18H15FN4O2S/c19-13-5-3-12(4-6-13)15-10-26-18(20-15)21-16(24)9-23-17(25)8-7-14(22-23)11-1-2-11/h3-8,10-11H,1-2,9H2,(H,20,21,24). The van der Waals surface area contributed by atoms with Crippen LogP contribution in [0.4, 0.5) is 9.52 Å². The van der Waals surface area contributed by atoms with Crippen LogP contribution < -0.4 is 10.9 Å². The zero-order valence-corrected chi connectivity index (χ0v) is 14.5. The number of nitrogens with zero attached hydrogens (tertiary/aromatic N) is 3. The molecule has 132 valence electrons. The Kier molecular flexibility index (Phi) is 4.34. The molecule has 1 aliphatic rings. The Bertz CT molecular complexity index is 1010. The van der Waals surface area contributed by atoms with Crippen LogP contribution in [0.15, 0.2) is 46.6 Å². The second-order valence-corrected chi connectivity index (χ2v) is 6.98. The summed E-state index contributed by atoms with van der Waals surface area (Å²) < 4.78 is 14.2. The van der Waals surface area contributed by atoms with Gasteiger partial charge in [0.15, 0.2) is 5.13 Å². The van der Waals surface area contributed by atoms with Gasteiger partial charge in [0, 0.05) is 22.9 Å². The predicted molar refractivity (Wildman–Crippen MR) is 96.6 cm³/mol. The maximum absolute atomic E-state index is 13.0. The molecule has 0 radical (unpaired) electrons. The van der Waals surface area contributed by atoms with Gasteiger partial charge in [-0.25, -0.2) is 14.1 Å².